The van der Waals surface area contributed by atoms with E-state index in [-0.39, 0.29) is 24.8 Å². The van der Waals surface area contributed by atoms with E-state index in [9.17, 15) is 0 Å². The molecule has 1 aromatic heterocycles. The van der Waals surface area contributed by atoms with E-state index in [2.05, 4.69) is 22.2 Å². The number of halogens is 2. The molecule has 2 heterocycles. The van der Waals surface area contributed by atoms with Crippen LogP contribution in [0.15, 0.2) is 6.20 Å². The van der Waals surface area contributed by atoms with Crippen LogP contribution < -0.4 is 5.32 Å². The van der Waals surface area contributed by atoms with E-state index in [0.29, 0.717) is 0 Å². The van der Waals surface area contributed by atoms with Crippen molar-refractivity contribution in [1.82, 2.24) is 20.0 Å². The number of aromatic nitrogens is 2. The fraction of sp³-hybridized carbons (Fsp3) is 0.750. The van der Waals surface area contributed by atoms with Gasteiger partial charge in [0.25, 0.3) is 0 Å². The Kier molecular flexibility index (Phi) is 9.39. The third-order valence-electron chi connectivity index (χ3n) is 3.36. The van der Waals surface area contributed by atoms with Gasteiger partial charge in [-0.1, -0.05) is 0 Å². The fourth-order valence-electron chi connectivity index (χ4n) is 2.00. The molecule has 0 aliphatic carbocycles. The number of rotatable bonds is 5. The number of morpholine rings is 1. The molecule has 2 rings (SSSR count). The van der Waals surface area contributed by atoms with Crippen molar-refractivity contribution in [2.45, 2.75) is 13.5 Å². The number of hydrogen-bond acceptors (Lipinski definition) is 4. The predicted octanol–water partition coefficient (Wildman–Crippen LogP) is 0.994. The Hall–Kier alpha value is -0.330. The Labute approximate surface area is 127 Å². The van der Waals surface area contributed by atoms with Crippen LogP contribution in [0.3, 0.4) is 0 Å². The van der Waals surface area contributed by atoms with Crippen molar-refractivity contribution >= 4 is 24.8 Å². The van der Waals surface area contributed by atoms with Gasteiger partial charge in [-0.25, -0.2) is 0 Å². The van der Waals surface area contributed by atoms with Crippen molar-refractivity contribution in [2.75, 3.05) is 39.4 Å². The maximum absolute atomic E-state index is 5.32. The lowest BCUT2D eigenvalue weighted by atomic mass is 10.2. The molecule has 0 unspecified atom stereocenters. The first kappa shape index (κ1) is 18.7. The smallest absolute Gasteiger partial charge is 0.0594 e. The van der Waals surface area contributed by atoms with Gasteiger partial charge in [0.2, 0.25) is 0 Å². The lowest BCUT2D eigenvalue weighted by Gasteiger charge is -2.26. The summed E-state index contributed by atoms with van der Waals surface area (Å²) >= 11 is 0. The molecule has 19 heavy (non-hydrogen) atoms. The fourth-order valence-corrected chi connectivity index (χ4v) is 2.00. The number of nitrogens with one attached hydrogen (secondary N) is 1. The zero-order valence-electron chi connectivity index (χ0n) is 11.6. The Balaban J connectivity index is 0.00000162. The van der Waals surface area contributed by atoms with Crippen LogP contribution in [-0.2, 0) is 18.3 Å². The largest absolute Gasteiger partial charge is 0.379 e. The molecule has 0 amide bonds. The lowest BCUT2D eigenvalue weighted by molar-refractivity contribution is 0.0384. The zero-order chi connectivity index (χ0) is 12.1. The first-order valence-electron chi connectivity index (χ1n) is 6.25. The predicted molar refractivity (Wildman–Crippen MR) is 81.4 cm³/mol. The van der Waals surface area contributed by atoms with Crippen LogP contribution in [0.4, 0.5) is 0 Å². The molecule has 0 bridgehead atoms. The van der Waals surface area contributed by atoms with E-state index in [1.54, 1.807) is 0 Å². The average molecular weight is 311 g/mol. The van der Waals surface area contributed by atoms with Gasteiger partial charge in [-0.3, -0.25) is 9.58 Å². The number of nitrogens with zero attached hydrogens (tertiary/aromatic N) is 3. The molecule has 112 valence electrons. The average Bonchev–Trinajstić information content (AvgIpc) is 2.67. The van der Waals surface area contributed by atoms with Gasteiger partial charge in [-0.15, -0.1) is 24.8 Å². The zero-order valence-corrected chi connectivity index (χ0v) is 13.2. The highest BCUT2D eigenvalue weighted by Crippen LogP contribution is 2.04. The molecule has 7 heteroatoms. The molecule has 1 N–H and O–H groups in total. The summed E-state index contributed by atoms with van der Waals surface area (Å²) in [5.41, 5.74) is 2.53. The highest BCUT2D eigenvalue weighted by atomic mass is 35.5. The maximum Gasteiger partial charge on any atom is 0.0594 e. The molecule has 0 aromatic carbocycles. The molecule has 1 aliphatic heterocycles. The molecule has 5 nitrogen and oxygen atoms in total. The van der Waals surface area contributed by atoms with Gasteiger partial charge in [0.1, 0.15) is 0 Å². The molecule has 1 fully saturated rings. The highest BCUT2D eigenvalue weighted by Gasteiger charge is 2.09. The third kappa shape index (κ3) is 5.67. The Morgan fingerprint density at radius 2 is 2.00 bits per heavy atom. The quantitative estimate of drug-likeness (QED) is 0.824. The number of hydrogen-bond donors (Lipinski definition) is 1. The van der Waals surface area contributed by atoms with Gasteiger partial charge in [-0.05, 0) is 6.92 Å². The van der Waals surface area contributed by atoms with Crippen molar-refractivity contribution in [3.63, 3.8) is 0 Å². The van der Waals surface area contributed by atoms with E-state index >= 15 is 0 Å². The summed E-state index contributed by atoms with van der Waals surface area (Å²) in [6.07, 6.45) is 1.94. The summed E-state index contributed by atoms with van der Waals surface area (Å²) in [7, 11) is 1.98. The van der Waals surface area contributed by atoms with Crippen LogP contribution in [0.25, 0.3) is 0 Å². The maximum atomic E-state index is 5.32. The second kappa shape index (κ2) is 9.55. The SMILES string of the molecule is Cc1c(CNCCN2CCOCC2)cnn1C.Cl.Cl. The van der Waals surface area contributed by atoms with Crippen LogP contribution in [-0.4, -0.2) is 54.1 Å². The van der Waals surface area contributed by atoms with E-state index < -0.39 is 0 Å². The Morgan fingerprint density at radius 3 is 2.58 bits per heavy atom. The van der Waals surface area contributed by atoms with Crippen molar-refractivity contribution in [3.8, 4) is 0 Å². The van der Waals surface area contributed by atoms with Crippen LogP contribution >= 0.6 is 24.8 Å². The van der Waals surface area contributed by atoms with Crippen molar-refractivity contribution in [1.29, 1.82) is 0 Å². The summed E-state index contributed by atoms with van der Waals surface area (Å²) in [5.74, 6) is 0. The molecule has 0 saturated carbocycles. The molecule has 1 aliphatic rings. The molecule has 1 saturated heterocycles. The normalized spacial score (nSPS) is 15.7. The van der Waals surface area contributed by atoms with Crippen LogP contribution in [0.5, 0.6) is 0 Å². The van der Waals surface area contributed by atoms with E-state index in [1.165, 1.54) is 11.3 Å². The summed E-state index contributed by atoms with van der Waals surface area (Å²) in [6.45, 7) is 9.01. The lowest BCUT2D eigenvalue weighted by Crippen LogP contribution is -2.40. The number of aryl methyl sites for hydroxylation is 1. The molecule has 0 radical (unpaired) electrons. The van der Waals surface area contributed by atoms with Crippen molar-refractivity contribution in [3.05, 3.63) is 17.5 Å². The molecule has 0 spiro atoms. The van der Waals surface area contributed by atoms with Crippen LogP contribution in [0.2, 0.25) is 0 Å². The summed E-state index contributed by atoms with van der Waals surface area (Å²) in [5, 5.41) is 7.70. The van der Waals surface area contributed by atoms with Crippen LogP contribution in [0.1, 0.15) is 11.3 Å². The van der Waals surface area contributed by atoms with Gasteiger partial charge < -0.3 is 10.1 Å². The molecule has 0 atom stereocenters. The molecule has 1 aromatic rings. The Morgan fingerprint density at radius 1 is 1.32 bits per heavy atom. The minimum atomic E-state index is 0. The van der Waals surface area contributed by atoms with E-state index in [1.807, 2.05) is 17.9 Å². The summed E-state index contributed by atoms with van der Waals surface area (Å²) in [4.78, 5) is 2.44. The molecular formula is C12H24Cl2N4O. The van der Waals surface area contributed by atoms with Gasteiger partial charge in [0.15, 0.2) is 0 Å². The highest BCUT2D eigenvalue weighted by molar-refractivity contribution is 5.85. The topological polar surface area (TPSA) is 42.3 Å². The van der Waals surface area contributed by atoms with Gasteiger partial charge in [0, 0.05) is 51.0 Å². The first-order chi connectivity index (χ1) is 8.27. The van der Waals surface area contributed by atoms with Gasteiger partial charge in [0.05, 0.1) is 19.4 Å². The second-order valence-corrected chi connectivity index (χ2v) is 4.51. The molecular weight excluding hydrogens is 287 g/mol. The van der Waals surface area contributed by atoms with Crippen molar-refractivity contribution in [2.24, 2.45) is 7.05 Å². The van der Waals surface area contributed by atoms with Crippen molar-refractivity contribution < 1.29 is 4.74 Å². The Bertz CT molecular complexity index is 353. The minimum Gasteiger partial charge on any atom is -0.379 e. The summed E-state index contributed by atoms with van der Waals surface area (Å²) < 4.78 is 7.24. The third-order valence-corrected chi connectivity index (χ3v) is 3.36. The van der Waals surface area contributed by atoms with Crippen LogP contribution in [0, 0.1) is 6.92 Å². The summed E-state index contributed by atoms with van der Waals surface area (Å²) in [6, 6.07) is 0. The second-order valence-electron chi connectivity index (χ2n) is 4.51. The monoisotopic (exact) mass is 310 g/mol. The standard InChI is InChI=1S/C12H22N4O.2ClH/c1-11-12(10-14-15(11)2)9-13-3-4-16-5-7-17-8-6-16;;/h10,13H,3-9H2,1-2H3;2*1H. The van der Waals surface area contributed by atoms with E-state index in [0.717, 1.165) is 45.9 Å². The number of ether oxygens (including phenoxy) is 1. The van der Waals surface area contributed by atoms with Gasteiger partial charge in [-0.2, -0.15) is 5.10 Å². The van der Waals surface area contributed by atoms with Gasteiger partial charge >= 0.3 is 0 Å². The van der Waals surface area contributed by atoms with E-state index in [4.69, 9.17) is 4.74 Å². The minimum absolute atomic E-state index is 0. The first-order valence-corrected chi connectivity index (χ1v) is 6.25.